The molecule has 2 rings (SSSR count). The van der Waals surface area contributed by atoms with E-state index in [2.05, 4.69) is 48.8 Å². The summed E-state index contributed by atoms with van der Waals surface area (Å²) in [5, 5.41) is 8.81. The molecule has 0 aliphatic carbocycles. The molecule has 0 fully saturated rings. The van der Waals surface area contributed by atoms with Gasteiger partial charge in [-0.25, -0.2) is 0 Å². The summed E-state index contributed by atoms with van der Waals surface area (Å²) in [6, 6.07) is 4.32. The van der Waals surface area contributed by atoms with Crippen molar-refractivity contribution < 1.29 is 0 Å². The Balaban J connectivity index is 2.47. The van der Waals surface area contributed by atoms with Crippen LogP contribution in [0.15, 0.2) is 22.9 Å². The number of aryl methyl sites for hydroxylation is 1. The van der Waals surface area contributed by atoms with Crippen LogP contribution in [-0.4, -0.2) is 9.78 Å². The van der Waals surface area contributed by atoms with E-state index in [-0.39, 0.29) is 5.41 Å². The van der Waals surface area contributed by atoms with Gasteiger partial charge in [-0.05, 0) is 17.5 Å². The van der Waals surface area contributed by atoms with Crippen LogP contribution in [0.3, 0.4) is 0 Å². The first kappa shape index (κ1) is 10.4. The third-order valence-electron chi connectivity index (χ3n) is 2.47. The van der Waals surface area contributed by atoms with E-state index in [4.69, 9.17) is 0 Å². The van der Waals surface area contributed by atoms with Gasteiger partial charge in [-0.3, -0.25) is 4.68 Å². The van der Waals surface area contributed by atoms with Crippen molar-refractivity contribution in [2.75, 3.05) is 0 Å². The van der Waals surface area contributed by atoms with Crippen LogP contribution < -0.4 is 0 Å². The molecule has 0 N–H and O–H groups in total. The van der Waals surface area contributed by atoms with Crippen molar-refractivity contribution in [1.29, 1.82) is 0 Å². The minimum absolute atomic E-state index is 0.117. The van der Waals surface area contributed by atoms with Crippen molar-refractivity contribution >= 4 is 11.3 Å². The van der Waals surface area contributed by atoms with Crippen molar-refractivity contribution in [1.82, 2.24) is 9.78 Å². The summed E-state index contributed by atoms with van der Waals surface area (Å²) in [6.45, 7) is 6.56. The summed E-state index contributed by atoms with van der Waals surface area (Å²) in [5.41, 5.74) is 3.71. The zero-order chi connectivity index (χ0) is 11.1. The molecule has 2 aromatic heterocycles. The fraction of sp³-hybridized carbons (Fsp3) is 0.417. The predicted octanol–water partition coefficient (Wildman–Crippen LogP) is 3.45. The van der Waals surface area contributed by atoms with Crippen LogP contribution >= 0.6 is 11.3 Å². The van der Waals surface area contributed by atoms with Crippen LogP contribution in [-0.2, 0) is 12.5 Å². The molecule has 0 aromatic carbocycles. The molecular weight excluding hydrogens is 204 g/mol. The first-order valence-corrected chi connectivity index (χ1v) is 6.00. The van der Waals surface area contributed by atoms with E-state index in [1.54, 1.807) is 11.3 Å². The van der Waals surface area contributed by atoms with E-state index in [1.165, 1.54) is 11.3 Å². The molecule has 0 bridgehead atoms. The second kappa shape index (κ2) is 3.49. The van der Waals surface area contributed by atoms with Gasteiger partial charge in [-0.15, -0.1) is 0 Å². The molecule has 2 heterocycles. The van der Waals surface area contributed by atoms with E-state index < -0.39 is 0 Å². The number of aromatic nitrogens is 2. The van der Waals surface area contributed by atoms with Crippen LogP contribution in [0.1, 0.15) is 26.5 Å². The molecule has 0 aliphatic heterocycles. The fourth-order valence-corrected chi connectivity index (χ4v) is 2.16. The molecule has 80 valence electrons. The molecule has 15 heavy (non-hydrogen) atoms. The second-order valence-corrected chi connectivity index (χ2v) is 5.58. The minimum Gasteiger partial charge on any atom is -0.268 e. The molecule has 0 saturated heterocycles. The first-order valence-electron chi connectivity index (χ1n) is 5.05. The van der Waals surface area contributed by atoms with Crippen molar-refractivity contribution in [2.45, 2.75) is 26.2 Å². The highest BCUT2D eigenvalue weighted by Gasteiger charge is 2.19. The zero-order valence-corrected chi connectivity index (χ0v) is 10.4. The zero-order valence-electron chi connectivity index (χ0n) is 9.61. The maximum Gasteiger partial charge on any atom is 0.0690 e. The van der Waals surface area contributed by atoms with Gasteiger partial charge >= 0.3 is 0 Å². The Morgan fingerprint density at radius 1 is 1.33 bits per heavy atom. The summed E-state index contributed by atoms with van der Waals surface area (Å²) in [4.78, 5) is 0. The Hall–Kier alpha value is -1.09. The lowest BCUT2D eigenvalue weighted by atomic mass is 9.92. The lowest BCUT2D eigenvalue weighted by Gasteiger charge is -2.13. The topological polar surface area (TPSA) is 17.8 Å². The van der Waals surface area contributed by atoms with E-state index >= 15 is 0 Å². The number of rotatable bonds is 1. The number of hydrogen-bond donors (Lipinski definition) is 0. The molecule has 0 radical (unpaired) electrons. The molecule has 2 nitrogen and oxygen atoms in total. The monoisotopic (exact) mass is 220 g/mol. The average molecular weight is 220 g/mol. The highest BCUT2D eigenvalue weighted by molar-refractivity contribution is 7.08. The van der Waals surface area contributed by atoms with Gasteiger partial charge in [0.2, 0.25) is 0 Å². The van der Waals surface area contributed by atoms with E-state index in [0.717, 1.165) is 5.69 Å². The highest BCUT2D eigenvalue weighted by atomic mass is 32.1. The summed E-state index contributed by atoms with van der Waals surface area (Å²) >= 11 is 1.72. The smallest absolute Gasteiger partial charge is 0.0690 e. The van der Waals surface area contributed by atoms with Crippen molar-refractivity contribution in [3.63, 3.8) is 0 Å². The van der Waals surface area contributed by atoms with E-state index in [1.807, 2.05) is 11.7 Å². The normalized spacial score (nSPS) is 12.0. The first-order chi connectivity index (χ1) is 6.98. The van der Waals surface area contributed by atoms with Gasteiger partial charge in [0.25, 0.3) is 0 Å². The van der Waals surface area contributed by atoms with Crippen LogP contribution in [0.4, 0.5) is 0 Å². The maximum atomic E-state index is 4.56. The molecule has 0 aliphatic rings. The van der Waals surface area contributed by atoms with E-state index in [9.17, 15) is 0 Å². The molecule has 0 unspecified atom stereocenters. The van der Waals surface area contributed by atoms with Gasteiger partial charge in [0, 0.05) is 23.4 Å². The number of thiophene rings is 1. The maximum absolute atomic E-state index is 4.56. The lowest BCUT2D eigenvalue weighted by molar-refractivity contribution is 0.553. The third-order valence-corrected chi connectivity index (χ3v) is 3.15. The summed E-state index contributed by atoms with van der Waals surface area (Å²) in [5.74, 6) is 0. The van der Waals surface area contributed by atoms with Crippen LogP contribution in [0.25, 0.3) is 11.3 Å². The van der Waals surface area contributed by atoms with Gasteiger partial charge < -0.3 is 0 Å². The average Bonchev–Trinajstić information content (AvgIpc) is 2.69. The highest BCUT2D eigenvalue weighted by Crippen LogP contribution is 2.27. The van der Waals surface area contributed by atoms with Gasteiger partial charge in [0.05, 0.1) is 11.4 Å². The number of nitrogens with zero attached hydrogens (tertiary/aromatic N) is 2. The van der Waals surface area contributed by atoms with Gasteiger partial charge in [-0.2, -0.15) is 16.4 Å². The second-order valence-electron chi connectivity index (χ2n) is 4.80. The van der Waals surface area contributed by atoms with Crippen molar-refractivity contribution in [3.8, 4) is 11.3 Å². The molecule has 0 saturated carbocycles. The molecule has 0 amide bonds. The largest absolute Gasteiger partial charge is 0.268 e. The Labute approximate surface area is 94.6 Å². The van der Waals surface area contributed by atoms with Gasteiger partial charge in [0.15, 0.2) is 0 Å². The molecule has 3 heteroatoms. The summed E-state index contributed by atoms with van der Waals surface area (Å²) in [6.07, 6.45) is 0. The quantitative estimate of drug-likeness (QED) is 0.719. The summed E-state index contributed by atoms with van der Waals surface area (Å²) < 4.78 is 1.96. The van der Waals surface area contributed by atoms with Gasteiger partial charge in [-0.1, -0.05) is 20.8 Å². The summed E-state index contributed by atoms with van der Waals surface area (Å²) in [7, 11) is 2.00. The van der Waals surface area contributed by atoms with Crippen molar-refractivity contribution in [2.24, 2.45) is 7.05 Å². The van der Waals surface area contributed by atoms with Gasteiger partial charge in [0.1, 0.15) is 0 Å². The van der Waals surface area contributed by atoms with Crippen LogP contribution in [0.2, 0.25) is 0 Å². The molecular formula is C12H16N2S. The number of hydrogen-bond acceptors (Lipinski definition) is 2. The standard InChI is InChI=1S/C12H16N2S/c1-12(2,3)11-7-10(14(4)13-11)9-5-6-15-8-9/h5-8H,1-4H3. The molecule has 2 aromatic rings. The fourth-order valence-electron chi connectivity index (χ4n) is 1.51. The minimum atomic E-state index is 0.117. The third kappa shape index (κ3) is 1.97. The Kier molecular flexibility index (Phi) is 2.43. The Bertz CT molecular complexity index is 446. The van der Waals surface area contributed by atoms with Crippen molar-refractivity contribution in [3.05, 3.63) is 28.6 Å². The van der Waals surface area contributed by atoms with Crippen LogP contribution in [0.5, 0.6) is 0 Å². The molecule has 0 spiro atoms. The predicted molar refractivity (Wildman–Crippen MR) is 65.2 cm³/mol. The van der Waals surface area contributed by atoms with E-state index in [0.29, 0.717) is 0 Å². The lowest BCUT2D eigenvalue weighted by Crippen LogP contribution is -2.12. The SMILES string of the molecule is Cn1nc(C(C)(C)C)cc1-c1ccsc1. The molecule has 0 atom stereocenters. The van der Waals surface area contributed by atoms with Crippen LogP contribution in [0, 0.1) is 0 Å². The Morgan fingerprint density at radius 2 is 2.07 bits per heavy atom. The Morgan fingerprint density at radius 3 is 2.53 bits per heavy atom.